The van der Waals surface area contributed by atoms with Gasteiger partial charge in [-0.3, -0.25) is 4.98 Å². The molecule has 2 rings (SSSR count). The Morgan fingerprint density at radius 2 is 1.85 bits per heavy atom. The molecule has 0 unspecified atom stereocenters. The molecule has 0 saturated heterocycles. The Kier molecular flexibility index (Phi) is 5.13. The molecule has 1 heterocycles. The van der Waals surface area contributed by atoms with Crippen molar-refractivity contribution in [3.8, 4) is 5.75 Å². The smallest absolute Gasteiger partial charge is 0.142 e. The van der Waals surface area contributed by atoms with E-state index in [2.05, 4.69) is 36.3 Å². The van der Waals surface area contributed by atoms with Gasteiger partial charge in [0.15, 0.2) is 0 Å². The summed E-state index contributed by atoms with van der Waals surface area (Å²) in [5.74, 6) is 0.854. The van der Waals surface area contributed by atoms with E-state index in [1.54, 1.807) is 0 Å². The van der Waals surface area contributed by atoms with Gasteiger partial charge in [0.2, 0.25) is 0 Å². The summed E-state index contributed by atoms with van der Waals surface area (Å²) in [7, 11) is 0. The lowest BCUT2D eigenvalue weighted by Crippen LogP contribution is -2.23. The minimum Gasteiger partial charge on any atom is -0.487 e. The molecular formula is C17H22N2O. The van der Waals surface area contributed by atoms with E-state index in [4.69, 9.17) is 4.74 Å². The zero-order valence-corrected chi connectivity index (χ0v) is 12.4. The third kappa shape index (κ3) is 4.35. The maximum absolute atomic E-state index is 5.91. The van der Waals surface area contributed by atoms with Crippen LogP contribution in [0, 0.1) is 6.92 Å². The fourth-order valence-corrected chi connectivity index (χ4v) is 1.89. The van der Waals surface area contributed by atoms with Crippen molar-refractivity contribution in [1.29, 1.82) is 0 Å². The van der Waals surface area contributed by atoms with Crippen LogP contribution in [-0.2, 0) is 13.2 Å². The van der Waals surface area contributed by atoms with E-state index in [0.29, 0.717) is 12.6 Å². The predicted molar refractivity (Wildman–Crippen MR) is 81.7 cm³/mol. The Morgan fingerprint density at radius 3 is 2.55 bits per heavy atom. The number of hydrogen-bond acceptors (Lipinski definition) is 3. The van der Waals surface area contributed by atoms with Gasteiger partial charge >= 0.3 is 0 Å². The number of aromatic nitrogens is 1. The lowest BCUT2D eigenvalue weighted by molar-refractivity contribution is 0.299. The van der Waals surface area contributed by atoms with Crippen molar-refractivity contribution < 1.29 is 4.74 Å². The topological polar surface area (TPSA) is 34.1 Å². The Labute approximate surface area is 121 Å². The molecule has 106 valence electrons. The zero-order valence-electron chi connectivity index (χ0n) is 12.4. The number of hydrogen-bond donors (Lipinski definition) is 1. The van der Waals surface area contributed by atoms with Crippen molar-refractivity contribution in [2.24, 2.45) is 0 Å². The third-order valence-electron chi connectivity index (χ3n) is 2.99. The van der Waals surface area contributed by atoms with E-state index >= 15 is 0 Å². The largest absolute Gasteiger partial charge is 0.487 e. The van der Waals surface area contributed by atoms with E-state index in [1.165, 1.54) is 0 Å². The molecule has 0 fully saturated rings. The normalized spacial score (nSPS) is 10.8. The summed E-state index contributed by atoms with van der Waals surface area (Å²) in [4.78, 5) is 4.57. The first-order chi connectivity index (χ1) is 9.65. The van der Waals surface area contributed by atoms with E-state index in [9.17, 15) is 0 Å². The number of aryl methyl sites for hydroxylation is 1. The maximum Gasteiger partial charge on any atom is 0.142 e. The summed E-state index contributed by atoms with van der Waals surface area (Å²) in [6.45, 7) is 7.55. The van der Waals surface area contributed by atoms with Gasteiger partial charge in [-0.05, 0) is 24.6 Å². The summed E-state index contributed by atoms with van der Waals surface area (Å²) < 4.78 is 5.91. The average Bonchev–Trinajstić information content (AvgIpc) is 2.45. The van der Waals surface area contributed by atoms with Crippen LogP contribution >= 0.6 is 0 Å². The van der Waals surface area contributed by atoms with Gasteiger partial charge in [0.05, 0.1) is 5.69 Å². The number of benzene rings is 1. The first kappa shape index (κ1) is 14.5. The van der Waals surface area contributed by atoms with E-state index in [1.807, 2.05) is 37.3 Å². The lowest BCUT2D eigenvalue weighted by Gasteiger charge is -2.13. The molecule has 0 radical (unpaired) electrons. The molecule has 0 aliphatic carbocycles. The minimum absolute atomic E-state index is 0.430. The molecule has 0 spiro atoms. The predicted octanol–water partition coefficient (Wildman–Crippen LogP) is 3.47. The fraction of sp³-hybridized carbons (Fsp3) is 0.353. The van der Waals surface area contributed by atoms with Crippen LogP contribution in [0.15, 0.2) is 42.5 Å². The van der Waals surface area contributed by atoms with Gasteiger partial charge in [0.25, 0.3) is 0 Å². The van der Waals surface area contributed by atoms with Crippen LogP contribution < -0.4 is 10.1 Å². The number of pyridine rings is 1. The van der Waals surface area contributed by atoms with Gasteiger partial charge in [-0.2, -0.15) is 0 Å². The number of nitrogens with zero attached hydrogens (tertiary/aromatic N) is 1. The van der Waals surface area contributed by atoms with Gasteiger partial charge in [-0.25, -0.2) is 0 Å². The molecule has 1 aromatic carbocycles. The van der Waals surface area contributed by atoms with Crippen LogP contribution in [0.2, 0.25) is 0 Å². The van der Waals surface area contributed by atoms with Crippen LogP contribution in [0.1, 0.15) is 30.8 Å². The molecule has 0 saturated carbocycles. The molecular weight excluding hydrogens is 248 g/mol. The Balaban J connectivity index is 2.06. The van der Waals surface area contributed by atoms with Gasteiger partial charge < -0.3 is 10.1 Å². The van der Waals surface area contributed by atoms with Crippen LogP contribution in [0.5, 0.6) is 5.75 Å². The molecule has 0 amide bonds. The number of ether oxygens (including phenoxy) is 1. The Hall–Kier alpha value is -1.87. The molecule has 20 heavy (non-hydrogen) atoms. The summed E-state index contributed by atoms with van der Waals surface area (Å²) >= 11 is 0. The Morgan fingerprint density at radius 1 is 1.10 bits per heavy atom. The molecule has 0 aliphatic rings. The highest BCUT2D eigenvalue weighted by Gasteiger charge is 2.07. The van der Waals surface area contributed by atoms with E-state index < -0.39 is 0 Å². The van der Waals surface area contributed by atoms with Gasteiger partial charge in [-0.1, -0.05) is 44.2 Å². The van der Waals surface area contributed by atoms with Gasteiger partial charge in [0.1, 0.15) is 12.4 Å². The first-order valence-corrected chi connectivity index (χ1v) is 7.02. The quantitative estimate of drug-likeness (QED) is 0.872. The van der Waals surface area contributed by atoms with Crippen LogP contribution in [0.3, 0.4) is 0 Å². The van der Waals surface area contributed by atoms with Crippen LogP contribution in [-0.4, -0.2) is 11.0 Å². The van der Waals surface area contributed by atoms with Crippen molar-refractivity contribution in [1.82, 2.24) is 10.3 Å². The summed E-state index contributed by atoms with van der Waals surface area (Å²) in [6, 6.07) is 14.6. The molecule has 0 aliphatic heterocycles. The average molecular weight is 270 g/mol. The standard InChI is InChI=1S/C17H22N2O/c1-13(2)18-11-16-17(10-9-14(3)19-16)20-12-15-7-5-4-6-8-15/h4-10,13,18H,11-12H2,1-3H3. The molecule has 3 heteroatoms. The molecule has 0 bridgehead atoms. The van der Waals surface area contributed by atoms with Gasteiger partial charge in [0, 0.05) is 18.3 Å². The molecule has 1 N–H and O–H groups in total. The summed E-state index contributed by atoms with van der Waals surface area (Å²) in [6.07, 6.45) is 0. The van der Waals surface area contributed by atoms with Crippen LogP contribution in [0.4, 0.5) is 0 Å². The minimum atomic E-state index is 0.430. The highest BCUT2D eigenvalue weighted by atomic mass is 16.5. The fourth-order valence-electron chi connectivity index (χ4n) is 1.89. The van der Waals surface area contributed by atoms with Gasteiger partial charge in [-0.15, -0.1) is 0 Å². The van der Waals surface area contributed by atoms with E-state index in [0.717, 1.165) is 29.2 Å². The SMILES string of the molecule is Cc1ccc(OCc2ccccc2)c(CNC(C)C)n1. The third-order valence-corrected chi connectivity index (χ3v) is 2.99. The summed E-state index contributed by atoms with van der Waals surface area (Å²) in [5, 5.41) is 3.39. The second-order valence-electron chi connectivity index (χ2n) is 5.21. The monoisotopic (exact) mass is 270 g/mol. The van der Waals surface area contributed by atoms with Crippen molar-refractivity contribution in [2.45, 2.75) is 40.0 Å². The zero-order chi connectivity index (χ0) is 14.4. The van der Waals surface area contributed by atoms with Crippen molar-refractivity contribution in [3.63, 3.8) is 0 Å². The lowest BCUT2D eigenvalue weighted by atomic mass is 10.2. The summed E-state index contributed by atoms with van der Waals surface area (Å²) in [5.41, 5.74) is 3.14. The molecule has 1 aromatic heterocycles. The van der Waals surface area contributed by atoms with Crippen molar-refractivity contribution in [2.75, 3.05) is 0 Å². The maximum atomic E-state index is 5.91. The second kappa shape index (κ2) is 7.06. The number of rotatable bonds is 6. The highest BCUT2D eigenvalue weighted by Crippen LogP contribution is 2.18. The second-order valence-corrected chi connectivity index (χ2v) is 5.21. The number of nitrogens with one attached hydrogen (secondary N) is 1. The molecule has 3 nitrogen and oxygen atoms in total. The molecule has 2 aromatic rings. The molecule has 0 atom stereocenters. The van der Waals surface area contributed by atoms with E-state index in [-0.39, 0.29) is 0 Å². The van der Waals surface area contributed by atoms with Crippen molar-refractivity contribution in [3.05, 3.63) is 59.4 Å². The van der Waals surface area contributed by atoms with Crippen LogP contribution in [0.25, 0.3) is 0 Å². The van der Waals surface area contributed by atoms with Crippen molar-refractivity contribution >= 4 is 0 Å². The highest BCUT2D eigenvalue weighted by molar-refractivity contribution is 5.29. The first-order valence-electron chi connectivity index (χ1n) is 7.02. The Bertz CT molecular complexity index is 538.